The first-order valence-electron chi connectivity index (χ1n) is 19.8. The molecule has 0 aliphatic rings. The second kappa shape index (κ2) is 14.3. The van der Waals surface area contributed by atoms with Gasteiger partial charge < -0.3 is 4.90 Å². The van der Waals surface area contributed by atoms with Crippen molar-refractivity contribution in [1.29, 1.82) is 0 Å². The Morgan fingerprint density at radius 1 is 0.321 bits per heavy atom. The smallest absolute Gasteiger partial charge is 0.0651 e. The molecule has 0 N–H and O–H groups in total. The highest BCUT2D eigenvalue weighted by molar-refractivity contribution is 5.91. The van der Waals surface area contributed by atoms with Gasteiger partial charge in [0.2, 0.25) is 0 Å². The molecule has 9 aromatic rings. The normalized spacial score (nSPS) is 12.1. The second-order valence-electron chi connectivity index (χ2n) is 13.1. The third-order valence-corrected chi connectivity index (χ3v) is 9.77. The molecular formula is C52H37N. The van der Waals surface area contributed by atoms with Crippen molar-refractivity contribution in [3.63, 3.8) is 0 Å². The molecule has 0 atom stereocenters. The lowest BCUT2D eigenvalue weighted by molar-refractivity contribution is 1.28. The van der Waals surface area contributed by atoms with Gasteiger partial charge in [0.1, 0.15) is 0 Å². The van der Waals surface area contributed by atoms with Crippen LogP contribution in [0.1, 0.15) is 5.48 Å². The van der Waals surface area contributed by atoms with E-state index in [0.717, 1.165) is 66.7 Å². The minimum Gasteiger partial charge on any atom is -0.310 e. The Balaban J connectivity index is 1.20. The van der Waals surface area contributed by atoms with Crippen LogP contribution in [0.4, 0.5) is 17.1 Å². The molecule has 0 saturated carbocycles. The number of hydrogen-bond donors (Lipinski definition) is 0. The number of nitrogens with zero attached hydrogens (tertiary/aromatic N) is 1. The summed E-state index contributed by atoms with van der Waals surface area (Å²) in [5.74, 6) is 0. The lowest BCUT2D eigenvalue weighted by Gasteiger charge is -2.28. The fraction of sp³-hybridized carbons (Fsp3) is 0. The van der Waals surface area contributed by atoms with Gasteiger partial charge >= 0.3 is 0 Å². The van der Waals surface area contributed by atoms with E-state index in [4.69, 9.17) is 2.74 Å². The zero-order chi connectivity index (χ0) is 38.9. The number of hydrogen-bond acceptors (Lipinski definition) is 1. The van der Waals surface area contributed by atoms with Gasteiger partial charge in [0.05, 0.1) is 11.2 Å². The van der Waals surface area contributed by atoms with Crippen LogP contribution in [0, 0.1) is 0 Å². The average Bonchev–Trinajstić information content (AvgIpc) is 3.28. The Morgan fingerprint density at radius 2 is 0.792 bits per heavy atom. The van der Waals surface area contributed by atoms with E-state index in [0.29, 0.717) is 11.1 Å². The van der Waals surface area contributed by atoms with Gasteiger partial charge in [0, 0.05) is 16.9 Å². The van der Waals surface area contributed by atoms with Crippen molar-refractivity contribution >= 4 is 27.8 Å². The van der Waals surface area contributed by atoms with Gasteiger partial charge in [-0.15, -0.1) is 0 Å². The maximum atomic E-state index is 9.80. The molecule has 250 valence electrons. The zero-order valence-electron chi connectivity index (χ0n) is 33.0. The van der Waals surface area contributed by atoms with Crippen LogP contribution in [0.5, 0.6) is 0 Å². The van der Waals surface area contributed by atoms with Gasteiger partial charge in [-0.1, -0.05) is 188 Å². The largest absolute Gasteiger partial charge is 0.310 e. The van der Waals surface area contributed by atoms with E-state index in [1.165, 1.54) is 0 Å². The number of rotatable bonds is 8. The standard InChI is InChI=1S/C52H37N/c1-3-12-38(13-4-1)41-22-24-43(25-23-41)44-32-34-49(35-33-44)53(50-19-11-18-47(37-50)48-31-28-40-16-7-8-17-46(40)36-48)52-21-10-9-20-51(52)45-29-26-42(27-30-45)39-14-5-2-6-15-39/h1-37H/i11D,18D,19D,37D. The summed E-state index contributed by atoms with van der Waals surface area (Å²) in [6.45, 7) is 0. The molecule has 0 fully saturated rings. The third-order valence-electron chi connectivity index (χ3n) is 9.77. The maximum Gasteiger partial charge on any atom is 0.0651 e. The fourth-order valence-electron chi connectivity index (χ4n) is 7.00. The molecule has 0 aliphatic heterocycles. The molecule has 53 heavy (non-hydrogen) atoms. The third kappa shape index (κ3) is 6.65. The molecule has 0 heterocycles. The Kier molecular flexibility index (Phi) is 7.50. The number of benzene rings is 9. The molecule has 0 unspecified atom stereocenters. The first-order chi connectivity index (χ1) is 27.9. The molecular weight excluding hydrogens is 639 g/mol. The van der Waals surface area contributed by atoms with Gasteiger partial charge in [-0.05, 0) is 97.2 Å². The molecule has 9 rings (SSSR count). The average molecular weight is 680 g/mol. The minimum absolute atomic E-state index is 0.0195. The van der Waals surface area contributed by atoms with Gasteiger partial charge in [0.15, 0.2) is 0 Å². The highest BCUT2D eigenvalue weighted by Crippen LogP contribution is 2.43. The Bertz CT molecular complexity index is 2850. The van der Waals surface area contributed by atoms with Crippen LogP contribution in [-0.2, 0) is 0 Å². The maximum absolute atomic E-state index is 9.80. The zero-order valence-corrected chi connectivity index (χ0v) is 29.0. The lowest BCUT2D eigenvalue weighted by atomic mass is 9.97. The first-order valence-corrected chi connectivity index (χ1v) is 17.8. The van der Waals surface area contributed by atoms with Gasteiger partial charge in [-0.25, -0.2) is 0 Å². The van der Waals surface area contributed by atoms with E-state index < -0.39 is 0 Å². The SMILES string of the molecule is [2H]c1c([2H])c(-c2ccc3ccccc3c2)c([2H])c(N(c2ccc(-c3ccc(-c4ccccc4)cc3)cc2)c2ccccc2-c2ccc(-c3ccccc3)cc2)c1[2H]. The van der Waals surface area contributed by atoms with Crippen molar-refractivity contribution in [2.45, 2.75) is 0 Å². The monoisotopic (exact) mass is 679 g/mol. The molecule has 0 amide bonds. The summed E-state index contributed by atoms with van der Waals surface area (Å²) in [7, 11) is 0. The van der Waals surface area contributed by atoms with E-state index in [-0.39, 0.29) is 29.9 Å². The van der Waals surface area contributed by atoms with Crippen LogP contribution in [0.25, 0.3) is 66.4 Å². The fourth-order valence-corrected chi connectivity index (χ4v) is 7.00. The van der Waals surface area contributed by atoms with Crippen molar-refractivity contribution in [1.82, 2.24) is 0 Å². The van der Waals surface area contributed by atoms with Crippen molar-refractivity contribution in [3.8, 4) is 55.6 Å². The molecule has 0 bridgehead atoms. The summed E-state index contributed by atoms with van der Waals surface area (Å²) in [6.07, 6.45) is 0. The molecule has 0 radical (unpaired) electrons. The highest BCUT2D eigenvalue weighted by Gasteiger charge is 2.18. The van der Waals surface area contributed by atoms with E-state index in [1.54, 1.807) is 0 Å². The van der Waals surface area contributed by atoms with Crippen molar-refractivity contribution in [2.24, 2.45) is 0 Å². The summed E-state index contributed by atoms with van der Waals surface area (Å²) in [5, 5.41) is 2.02. The van der Waals surface area contributed by atoms with Crippen LogP contribution < -0.4 is 4.90 Å². The summed E-state index contributed by atoms with van der Waals surface area (Å²) in [5.41, 5.74) is 11.2. The summed E-state index contributed by atoms with van der Waals surface area (Å²) < 4.78 is 37.4. The van der Waals surface area contributed by atoms with Crippen LogP contribution in [-0.4, -0.2) is 0 Å². The van der Waals surface area contributed by atoms with Gasteiger partial charge in [-0.2, -0.15) is 0 Å². The van der Waals surface area contributed by atoms with Gasteiger partial charge in [-0.3, -0.25) is 0 Å². The quantitative estimate of drug-likeness (QED) is 0.154. The Hall–Kier alpha value is -6.96. The van der Waals surface area contributed by atoms with E-state index in [1.807, 2.05) is 114 Å². The van der Waals surface area contributed by atoms with Crippen LogP contribution in [0.2, 0.25) is 0 Å². The van der Waals surface area contributed by atoms with E-state index in [2.05, 4.69) is 91.0 Å². The number of para-hydroxylation sites is 1. The van der Waals surface area contributed by atoms with Crippen LogP contribution >= 0.6 is 0 Å². The summed E-state index contributed by atoms with van der Waals surface area (Å²) >= 11 is 0. The molecule has 1 nitrogen and oxygen atoms in total. The highest BCUT2D eigenvalue weighted by atomic mass is 15.1. The molecule has 0 aromatic heterocycles. The Labute approximate surface area is 317 Å². The summed E-state index contributed by atoms with van der Waals surface area (Å²) in [6, 6.07) is 67.1. The van der Waals surface area contributed by atoms with Crippen molar-refractivity contribution < 1.29 is 5.48 Å². The van der Waals surface area contributed by atoms with Gasteiger partial charge in [0.25, 0.3) is 0 Å². The van der Waals surface area contributed by atoms with E-state index >= 15 is 0 Å². The molecule has 0 aliphatic carbocycles. The minimum atomic E-state index is -0.228. The molecule has 0 saturated heterocycles. The van der Waals surface area contributed by atoms with E-state index in [9.17, 15) is 2.74 Å². The Morgan fingerprint density at radius 3 is 1.42 bits per heavy atom. The van der Waals surface area contributed by atoms with Crippen molar-refractivity contribution in [3.05, 3.63) is 224 Å². The predicted octanol–water partition coefficient (Wildman–Crippen LogP) is 14.6. The second-order valence-corrected chi connectivity index (χ2v) is 13.1. The topological polar surface area (TPSA) is 3.24 Å². The molecule has 9 aromatic carbocycles. The summed E-state index contributed by atoms with van der Waals surface area (Å²) in [4.78, 5) is 1.93. The van der Waals surface area contributed by atoms with Crippen LogP contribution in [0.3, 0.4) is 0 Å². The van der Waals surface area contributed by atoms with Crippen LogP contribution in [0.15, 0.2) is 224 Å². The predicted molar refractivity (Wildman–Crippen MR) is 226 cm³/mol. The molecule has 1 heteroatoms. The lowest BCUT2D eigenvalue weighted by Crippen LogP contribution is -2.11. The number of fused-ring (bicyclic) bond motifs is 1. The first kappa shape index (κ1) is 27.7. The van der Waals surface area contributed by atoms with Crippen molar-refractivity contribution in [2.75, 3.05) is 4.90 Å². The molecule has 0 spiro atoms. The number of anilines is 3.